The normalized spacial score (nSPS) is 12.3. The molecular formula is C21H23FNO4+. The zero-order chi connectivity index (χ0) is 19.6. The van der Waals surface area contributed by atoms with Gasteiger partial charge in [-0.05, 0) is 36.2 Å². The lowest BCUT2D eigenvalue weighted by Gasteiger charge is -2.16. The number of aromatic hydroxyl groups is 1. The molecule has 3 rings (SSSR count). The Morgan fingerprint density at radius 2 is 1.93 bits per heavy atom. The summed E-state index contributed by atoms with van der Waals surface area (Å²) in [5.41, 5.74) is 2.39. The Morgan fingerprint density at radius 3 is 2.59 bits per heavy atom. The predicted octanol–water partition coefficient (Wildman–Crippen LogP) is 2.42. The SMILES string of the molecule is CCc1cc2c(C[NH+](C)Cc3ccc(OC)c(F)c3)cc(=O)oc2cc1O. The fraction of sp³-hybridized carbons (Fsp3) is 0.286. The van der Waals surface area contributed by atoms with Crippen molar-refractivity contribution in [3.63, 3.8) is 0 Å². The Balaban J connectivity index is 1.89. The molecule has 142 valence electrons. The third-order valence-electron chi connectivity index (χ3n) is 4.62. The van der Waals surface area contributed by atoms with E-state index in [-0.39, 0.29) is 11.5 Å². The molecule has 0 saturated carbocycles. The van der Waals surface area contributed by atoms with Crippen LogP contribution in [0.1, 0.15) is 23.6 Å². The van der Waals surface area contributed by atoms with Gasteiger partial charge in [-0.2, -0.15) is 0 Å². The standard InChI is InChI=1S/C21H22FNO4/c1-4-14-8-16-15(9-21(25)27-20(16)10-18(14)24)12-23(2)11-13-5-6-19(26-3)17(22)7-13/h5-10,24H,4,11-12H2,1-3H3/p+1. The largest absolute Gasteiger partial charge is 0.508 e. The number of hydrogen-bond acceptors (Lipinski definition) is 4. The van der Waals surface area contributed by atoms with Gasteiger partial charge in [0, 0.05) is 28.6 Å². The Morgan fingerprint density at radius 1 is 1.15 bits per heavy atom. The smallest absolute Gasteiger partial charge is 0.336 e. The van der Waals surface area contributed by atoms with E-state index in [1.54, 1.807) is 6.07 Å². The molecule has 1 atom stereocenters. The van der Waals surface area contributed by atoms with Crippen molar-refractivity contribution >= 4 is 11.0 Å². The highest BCUT2D eigenvalue weighted by Crippen LogP contribution is 2.26. The van der Waals surface area contributed by atoms with Gasteiger partial charge in [-0.25, -0.2) is 9.18 Å². The Labute approximate surface area is 156 Å². The van der Waals surface area contributed by atoms with Crippen LogP contribution < -0.4 is 15.3 Å². The van der Waals surface area contributed by atoms with Crippen LogP contribution in [0, 0.1) is 5.82 Å². The molecule has 0 radical (unpaired) electrons. The van der Waals surface area contributed by atoms with Gasteiger partial charge in [0.05, 0.1) is 14.2 Å². The highest BCUT2D eigenvalue weighted by atomic mass is 19.1. The molecule has 3 aromatic rings. The molecule has 0 amide bonds. The van der Waals surface area contributed by atoms with Crippen molar-refractivity contribution in [2.75, 3.05) is 14.2 Å². The third kappa shape index (κ3) is 4.11. The monoisotopic (exact) mass is 372 g/mol. The summed E-state index contributed by atoms with van der Waals surface area (Å²) < 4.78 is 24.1. The maximum atomic E-state index is 13.9. The first-order valence-electron chi connectivity index (χ1n) is 8.83. The summed E-state index contributed by atoms with van der Waals surface area (Å²) >= 11 is 0. The number of halogens is 1. The fourth-order valence-corrected chi connectivity index (χ4v) is 3.29. The summed E-state index contributed by atoms with van der Waals surface area (Å²) in [4.78, 5) is 13.0. The highest BCUT2D eigenvalue weighted by Gasteiger charge is 2.14. The first-order valence-corrected chi connectivity index (χ1v) is 8.83. The van der Waals surface area contributed by atoms with E-state index in [9.17, 15) is 14.3 Å². The number of nitrogens with one attached hydrogen (secondary N) is 1. The first-order chi connectivity index (χ1) is 12.9. The van der Waals surface area contributed by atoms with E-state index in [4.69, 9.17) is 9.15 Å². The van der Waals surface area contributed by atoms with E-state index in [1.165, 1.54) is 25.3 Å². The van der Waals surface area contributed by atoms with Gasteiger partial charge >= 0.3 is 5.63 Å². The van der Waals surface area contributed by atoms with E-state index in [1.807, 2.05) is 26.1 Å². The summed E-state index contributed by atoms with van der Waals surface area (Å²) in [6.45, 7) is 3.10. The van der Waals surface area contributed by atoms with E-state index >= 15 is 0 Å². The average molecular weight is 372 g/mol. The van der Waals surface area contributed by atoms with Gasteiger partial charge in [-0.1, -0.05) is 6.92 Å². The van der Waals surface area contributed by atoms with E-state index in [0.29, 0.717) is 25.1 Å². The minimum absolute atomic E-state index is 0.125. The molecule has 1 heterocycles. The summed E-state index contributed by atoms with van der Waals surface area (Å²) in [5.74, 6) is -0.0497. The lowest BCUT2D eigenvalue weighted by Crippen LogP contribution is -3.06. The molecule has 0 fully saturated rings. The number of benzene rings is 2. The lowest BCUT2D eigenvalue weighted by atomic mass is 10.0. The van der Waals surface area contributed by atoms with Crippen molar-refractivity contribution in [3.05, 3.63) is 69.3 Å². The number of hydrogen-bond donors (Lipinski definition) is 2. The molecule has 0 aliphatic carbocycles. The van der Waals surface area contributed by atoms with Crippen molar-refractivity contribution in [2.45, 2.75) is 26.4 Å². The molecule has 2 N–H and O–H groups in total. The molecule has 27 heavy (non-hydrogen) atoms. The maximum absolute atomic E-state index is 13.9. The molecule has 1 aromatic heterocycles. The summed E-state index contributed by atoms with van der Waals surface area (Å²) in [6.07, 6.45) is 0.675. The summed E-state index contributed by atoms with van der Waals surface area (Å²) in [6, 6.07) is 9.75. The Kier molecular flexibility index (Phi) is 5.46. The number of phenolic OH excluding ortho intramolecular Hbond substituents is 1. The van der Waals surface area contributed by atoms with Gasteiger partial charge in [0.15, 0.2) is 11.6 Å². The molecule has 0 bridgehead atoms. The van der Waals surface area contributed by atoms with Crippen molar-refractivity contribution in [1.82, 2.24) is 0 Å². The van der Waals surface area contributed by atoms with Crippen LogP contribution in [0.15, 0.2) is 45.6 Å². The second-order valence-corrected chi connectivity index (χ2v) is 6.70. The minimum Gasteiger partial charge on any atom is -0.508 e. The lowest BCUT2D eigenvalue weighted by molar-refractivity contribution is -0.907. The first kappa shape index (κ1) is 18.9. The minimum atomic E-state index is -0.454. The Hall–Kier alpha value is -2.86. The molecule has 5 nitrogen and oxygen atoms in total. The summed E-state index contributed by atoms with van der Waals surface area (Å²) in [5, 5.41) is 10.8. The predicted molar refractivity (Wildman–Crippen MR) is 101 cm³/mol. The van der Waals surface area contributed by atoms with Gasteiger partial charge in [0.2, 0.25) is 0 Å². The van der Waals surface area contributed by atoms with Crippen LogP contribution in [0.25, 0.3) is 11.0 Å². The van der Waals surface area contributed by atoms with E-state index in [2.05, 4.69) is 0 Å². The fourth-order valence-electron chi connectivity index (χ4n) is 3.29. The highest BCUT2D eigenvalue weighted by molar-refractivity contribution is 5.82. The zero-order valence-electron chi connectivity index (χ0n) is 15.6. The van der Waals surface area contributed by atoms with Crippen molar-refractivity contribution in [1.29, 1.82) is 0 Å². The molecule has 1 unspecified atom stereocenters. The molecular weight excluding hydrogens is 349 g/mol. The van der Waals surface area contributed by atoms with Crippen LogP contribution in [0.3, 0.4) is 0 Å². The number of fused-ring (bicyclic) bond motifs is 1. The molecule has 0 saturated heterocycles. The quantitative estimate of drug-likeness (QED) is 0.653. The zero-order valence-corrected chi connectivity index (χ0v) is 15.6. The van der Waals surface area contributed by atoms with Crippen LogP contribution >= 0.6 is 0 Å². The topological polar surface area (TPSA) is 64.1 Å². The Bertz CT molecular complexity index is 1030. The number of phenols is 1. The second kappa shape index (κ2) is 7.80. The molecule has 2 aromatic carbocycles. The van der Waals surface area contributed by atoms with Gasteiger partial charge < -0.3 is 19.2 Å². The number of quaternary nitrogens is 1. The van der Waals surface area contributed by atoms with Crippen molar-refractivity contribution in [2.24, 2.45) is 0 Å². The van der Waals surface area contributed by atoms with Gasteiger partial charge in [-0.15, -0.1) is 0 Å². The second-order valence-electron chi connectivity index (χ2n) is 6.70. The van der Waals surface area contributed by atoms with Gasteiger partial charge in [0.25, 0.3) is 0 Å². The molecule has 0 aliphatic rings. The van der Waals surface area contributed by atoms with Crippen molar-refractivity contribution in [3.8, 4) is 11.5 Å². The summed E-state index contributed by atoms with van der Waals surface area (Å²) in [7, 11) is 3.41. The van der Waals surface area contributed by atoms with Crippen LogP contribution in [-0.2, 0) is 19.5 Å². The average Bonchev–Trinajstić information content (AvgIpc) is 2.61. The number of aryl methyl sites for hydroxylation is 1. The number of ether oxygens (including phenoxy) is 1. The van der Waals surface area contributed by atoms with Gasteiger partial charge in [0.1, 0.15) is 24.4 Å². The van der Waals surface area contributed by atoms with E-state index in [0.717, 1.165) is 27.0 Å². The van der Waals surface area contributed by atoms with E-state index < -0.39 is 11.4 Å². The van der Waals surface area contributed by atoms with Crippen molar-refractivity contribution < 1.29 is 23.6 Å². The van der Waals surface area contributed by atoms with Crippen LogP contribution in [0.2, 0.25) is 0 Å². The van der Waals surface area contributed by atoms with Crippen LogP contribution in [-0.4, -0.2) is 19.3 Å². The third-order valence-corrected chi connectivity index (χ3v) is 4.62. The molecule has 0 spiro atoms. The molecule has 0 aliphatic heterocycles. The number of rotatable bonds is 6. The molecule has 6 heteroatoms. The van der Waals surface area contributed by atoms with Gasteiger partial charge in [-0.3, -0.25) is 0 Å². The maximum Gasteiger partial charge on any atom is 0.336 e. The van der Waals surface area contributed by atoms with Crippen LogP contribution in [0.5, 0.6) is 11.5 Å². The number of methoxy groups -OCH3 is 1. The van der Waals surface area contributed by atoms with Crippen LogP contribution in [0.4, 0.5) is 4.39 Å².